The molecule has 0 saturated carbocycles. The number of nitrogens with one attached hydrogen (secondary N) is 1. The second-order valence-electron chi connectivity index (χ2n) is 6.29. The third kappa shape index (κ3) is 5.92. The Hall–Kier alpha value is -2.67. The molecule has 0 atom stereocenters. The zero-order chi connectivity index (χ0) is 20.0. The number of anilines is 1. The van der Waals surface area contributed by atoms with Gasteiger partial charge < -0.3 is 15.0 Å². The van der Waals surface area contributed by atoms with Crippen LogP contribution in [0.25, 0.3) is 0 Å². The number of nitrogens with zero attached hydrogens (tertiary/aromatic N) is 1. The first-order valence-electron chi connectivity index (χ1n) is 8.67. The van der Waals surface area contributed by atoms with Gasteiger partial charge in [-0.1, -0.05) is 24.6 Å². The topological polar surface area (TPSA) is 75.7 Å². The summed E-state index contributed by atoms with van der Waals surface area (Å²) >= 11 is 1.36. The van der Waals surface area contributed by atoms with Crippen LogP contribution in [0.1, 0.15) is 32.6 Å². The van der Waals surface area contributed by atoms with Crippen molar-refractivity contribution in [3.8, 4) is 0 Å². The maximum Gasteiger partial charge on any atom is 0.348 e. The van der Waals surface area contributed by atoms with E-state index < -0.39 is 18.5 Å². The molecule has 1 aromatic carbocycles. The van der Waals surface area contributed by atoms with Crippen LogP contribution < -0.4 is 5.32 Å². The number of rotatable bonds is 7. The molecule has 0 spiro atoms. The van der Waals surface area contributed by atoms with Crippen LogP contribution in [-0.4, -0.2) is 42.9 Å². The summed E-state index contributed by atoms with van der Waals surface area (Å²) in [5.74, 6) is -1.28. The zero-order valence-electron chi connectivity index (χ0n) is 16.0. The second-order valence-corrected chi connectivity index (χ2v) is 7.54. The fourth-order valence-electron chi connectivity index (χ4n) is 2.42. The smallest absolute Gasteiger partial charge is 0.348 e. The van der Waals surface area contributed by atoms with E-state index in [0.717, 1.165) is 22.4 Å². The molecule has 144 valence electrons. The van der Waals surface area contributed by atoms with Gasteiger partial charge in [-0.2, -0.15) is 0 Å². The highest BCUT2D eigenvalue weighted by atomic mass is 32.1. The van der Waals surface area contributed by atoms with Crippen molar-refractivity contribution < 1.29 is 19.1 Å². The minimum absolute atomic E-state index is 0.123. The molecule has 0 aliphatic heterocycles. The lowest BCUT2D eigenvalue weighted by molar-refractivity contribution is -0.136. The summed E-state index contributed by atoms with van der Waals surface area (Å²) in [6.07, 6.45) is 0.841. The molecule has 6 nitrogen and oxygen atoms in total. The Morgan fingerprint density at radius 1 is 1.15 bits per heavy atom. The predicted octanol–water partition coefficient (Wildman–Crippen LogP) is 3.18. The normalized spacial score (nSPS) is 10.4. The number of hydrogen-bond donors (Lipinski definition) is 1. The molecule has 27 heavy (non-hydrogen) atoms. The van der Waals surface area contributed by atoms with Crippen LogP contribution >= 0.6 is 11.3 Å². The van der Waals surface area contributed by atoms with Gasteiger partial charge >= 0.3 is 5.97 Å². The number of hydrogen-bond acceptors (Lipinski definition) is 5. The monoisotopic (exact) mass is 388 g/mol. The van der Waals surface area contributed by atoms with Crippen molar-refractivity contribution in [1.82, 2.24) is 4.90 Å². The SMILES string of the molecule is CCc1cc(C(=O)OCC(=O)N(C)CC(=O)Nc2ccc(C)cc2)sc1C. The third-order valence-corrected chi connectivity index (χ3v) is 5.14. The number of likely N-dealkylation sites (N-methyl/N-ethyl adjacent to an activating group) is 1. The number of amides is 2. The van der Waals surface area contributed by atoms with Gasteiger partial charge in [0.15, 0.2) is 6.61 Å². The van der Waals surface area contributed by atoms with Gasteiger partial charge in [0.05, 0.1) is 6.54 Å². The van der Waals surface area contributed by atoms with Crippen LogP contribution in [0.3, 0.4) is 0 Å². The Balaban J connectivity index is 1.81. The van der Waals surface area contributed by atoms with E-state index in [4.69, 9.17) is 4.74 Å². The fourth-order valence-corrected chi connectivity index (χ4v) is 3.43. The minimum atomic E-state index is -0.520. The number of carbonyl (C=O) groups is 3. The van der Waals surface area contributed by atoms with Gasteiger partial charge in [0.2, 0.25) is 5.91 Å². The molecule has 0 aliphatic rings. The van der Waals surface area contributed by atoms with Crippen LogP contribution in [0.2, 0.25) is 0 Å². The van der Waals surface area contributed by atoms with Crippen LogP contribution in [-0.2, 0) is 20.7 Å². The van der Waals surface area contributed by atoms with Crippen LogP contribution in [0.5, 0.6) is 0 Å². The standard InChI is InChI=1S/C20H24N2O4S/c1-5-15-10-17(27-14(15)3)20(25)26-12-19(24)22(4)11-18(23)21-16-8-6-13(2)7-9-16/h6-10H,5,11-12H2,1-4H3,(H,21,23). The third-order valence-electron chi connectivity index (χ3n) is 4.07. The molecule has 7 heteroatoms. The molecule has 2 rings (SSSR count). The average Bonchev–Trinajstić information content (AvgIpc) is 3.02. The van der Waals surface area contributed by atoms with E-state index in [-0.39, 0.29) is 12.5 Å². The van der Waals surface area contributed by atoms with Crippen molar-refractivity contribution >= 4 is 34.8 Å². The van der Waals surface area contributed by atoms with Gasteiger partial charge in [0.25, 0.3) is 5.91 Å². The van der Waals surface area contributed by atoms with Gasteiger partial charge in [-0.15, -0.1) is 11.3 Å². The molecule has 0 bridgehead atoms. The number of benzene rings is 1. The highest BCUT2D eigenvalue weighted by molar-refractivity contribution is 7.14. The summed E-state index contributed by atoms with van der Waals surface area (Å²) in [5.41, 5.74) is 2.86. The van der Waals surface area contributed by atoms with E-state index in [0.29, 0.717) is 10.6 Å². The van der Waals surface area contributed by atoms with E-state index in [1.54, 1.807) is 18.2 Å². The summed E-state index contributed by atoms with van der Waals surface area (Å²) in [7, 11) is 1.50. The van der Waals surface area contributed by atoms with Crippen molar-refractivity contribution in [1.29, 1.82) is 0 Å². The van der Waals surface area contributed by atoms with E-state index >= 15 is 0 Å². The summed E-state index contributed by atoms with van der Waals surface area (Å²) < 4.78 is 5.09. The Bertz CT molecular complexity index is 827. The van der Waals surface area contributed by atoms with Gasteiger partial charge in [0, 0.05) is 17.6 Å². The van der Waals surface area contributed by atoms with E-state index in [2.05, 4.69) is 5.32 Å². The van der Waals surface area contributed by atoms with Crippen molar-refractivity contribution in [2.75, 3.05) is 25.5 Å². The molecule has 2 amide bonds. The van der Waals surface area contributed by atoms with Crippen LogP contribution in [0.15, 0.2) is 30.3 Å². The lowest BCUT2D eigenvalue weighted by Crippen LogP contribution is -2.37. The van der Waals surface area contributed by atoms with Crippen LogP contribution in [0.4, 0.5) is 5.69 Å². The highest BCUT2D eigenvalue weighted by Gasteiger charge is 2.18. The molecule has 1 aromatic heterocycles. The van der Waals surface area contributed by atoms with Crippen molar-refractivity contribution in [2.24, 2.45) is 0 Å². The molecule has 1 N–H and O–H groups in total. The number of carbonyl (C=O) groups excluding carboxylic acids is 3. The number of ether oxygens (including phenoxy) is 1. The summed E-state index contributed by atoms with van der Waals surface area (Å²) in [4.78, 5) is 39.0. The number of thiophene rings is 1. The second kappa shape index (κ2) is 9.32. The highest BCUT2D eigenvalue weighted by Crippen LogP contribution is 2.22. The molecule has 2 aromatic rings. The number of aryl methyl sites for hydroxylation is 3. The Morgan fingerprint density at radius 3 is 2.41 bits per heavy atom. The van der Waals surface area contributed by atoms with Crippen molar-refractivity contribution in [3.63, 3.8) is 0 Å². The Morgan fingerprint density at radius 2 is 1.81 bits per heavy atom. The Kier molecular flexibility index (Phi) is 7.12. The quantitative estimate of drug-likeness (QED) is 0.739. The predicted molar refractivity (Wildman–Crippen MR) is 106 cm³/mol. The summed E-state index contributed by atoms with van der Waals surface area (Å²) in [6, 6.07) is 9.17. The first kappa shape index (κ1) is 20.6. The lowest BCUT2D eigenvalue weighted by atomic mass is 10.2. The van der Waals surface area contributed by atoms with Crippen molar-refractivity contribution in [2.45, 2.75) is 27.2 Å². The van der Waals surface area contributed by atoms with Gasteiger partial charge in [-0.3, -0.25) is 9.59 Å². The minimum Gasteiger partial charge on any atom is -0.451 e. The van der Waals surface area contributed by atoms with Crippen molar-refractivity contribution in [3.05, 3.63) is 51.2 Å². The molecule has 0 saturated heterocycles. The fraction of sp³-hybridized carbons (Fsp3) is 0.350. The largest absolute Gasteiger partial charge is 0.451 e. The lowest BCUT2D eigenvalue weighted by Gasteiger charge is -2.16. The maximum absolute atomic E-state index is 12.1. The first-order chi connectivity index (χ1) is 12.8. The number of esters is 1. The molecular weight excluding hydrogens is 364 g/mol. The maximum atomic E-state index is 12.1. The molecule has 0 unspecified atom stereocenters. The Labute approximate surface area is 163 Å². The van der Waals surface area contributed by atoms with Gasteiger partial charge in [0.1, 0.15) is 4.88 Å². The van der Waals surface area contributed by atoms with Crippen LogP contribution in [0, 0.1) is 13.8 Å². The van der Waals surface area contributed by atoms with E-state index in [9.17, 15) is 14.4 Å². The molecule has 1 heterocycles. The zero-order valence-corrected chi connectivity index (χ0v) is 16.8. The first-order valence-corrected chi connectivity index (χ1v) is 9.48. The van der Waals surface area contributed by atoms with E-state index in [1.807, 2.05) is 32.9 Å². The molecule has 0 aliphatic carbocycles. The summed E-state index contributed by atoms with van der Waals surface area (Å²) in [6.45, 7) is 5.41. The van der Waals surface area contributed by atoms with Gasteiger partial charge in [-0.25, -0.2) is 4.79 Å². The molecular formula is C20H24N2O4S. The summed E-state index contributed by atoms with van der Waals surface area (Å²) in [5, 5.41) is 2.72. The van der Waals surface area contributed by atoms with E-state index in [1.165, 1.54) is 23.3 Å². The molecule has 0 radical (unpaired) electrons. The average molecular weight is 388 g/mol. The van der Waals surface area contributed by atoms with Gasteiger partial charge in [-0.05, 0) is 44.0 Å². The molecule has 0 fully saturated rings.